The quantitative estimate of drug-likeness (QED) is 0.569. The molecule has 1 aliphatic heterocycles. The van der Waals surface area contributed by atoms with Gasteiger partial charge in [0.25, 0.3) is 0 Å². The Morgan fingerprint density at radius 3 is 2.43 bits per heavy atom. The van der Waals surface area contributed by atoms with Crippen molar-refractivity contribution in [3.05, 3.63) is 30.2 Å². The summed E-state index contributed by atoms with van der Waals surface area (Å²) in [4.78, 5) is 14.7. The standard InChI is InChI=1S/C20H29N5O4S/c1-3-24(4-2)13-7-12-21-18(26)20-23-22-19(29-20)16-8-10-17(11-9-16)30(27,28)25-14-5-6-15-25/h8-11H,3-7,12-15H2,1-2H3,(H,21,26). The molecule has 1 aliphatic rings. The number of sulfonamides is 1. The summed E-state index contributed by atoms with van der Waals surface area (Å²) in [6.07, 6.45) is 2.61. The topological polar surface area (TPSA) is 109 Å². The third-order valence-corrected chi connectivity index (χ3v) is 7.17. The Labute approximate surface area is 177 Å². The van der Waals surface area contributed by atoms with Crippen molar-refractivity contribution in [2.45, 2.75) is 38.0 Å². The Bertz CT molecular complexity index is 932. The molecule has 3 rings (SSSR count). The van der Waals surface area contributed by atoms with E-state index in [4.69, 9.17) is 4.42 Å². The van der Waals surface area contributed by atoms with E-state index in [2.05, 4.69) is 34.3 Å². The Morgan fingerprint density at radius 2 is 1.80 bits per heavy atom. The first-order valence-corrected chi connectivity index (χ1v) is 11.8. The lowest BCUT2D eigenvalue weighted by Crippen LogP contribution is -2.30. The molecule has 0 bridgehead atoms. The number of amides is 1. The molecule has 164 valence electrons. The lowest BCUT2D eigenvalue weighted by atomic mass is 10.2. The van der Waals surface area contributed by atoms with Gasteiger partial charge >= 0.3 is 11.8 Å². The number of aromatic nitrogens is 2. The second-order valence-corrected chi connectivity index (χ2v) is 9.12. The number of carbonyl (C=O) groups is 1. The lowest BCUT2D eigenvalue weighted by molar-refractivity contribution is 0.0918. The summed E-state index contributed by atoms with van der Waals surface area (Å²) in [6, 6.07) is 6.28. The Balaban J connectivity index is 1.58. The highest BCUT2D eigenvalue weighted by molar-refractivity contribution is 7.89. The molecule has 10 heteroatoms. The van der Waals surface area contributed by atoms with E-state index in [9.17, 15) is 13.2 Å². The molecule has 0 spiro atoms. The van der Waals surface area contributed by atoms with Crippen LogP contribution in [0.3, 0.4) is 0 Å². The zero-order valence-corrected chi connectivity index (χ0v) is 18.3. The van der Waals surface area contributed by atoms with Crippen LogP contribution in [0.15, 0.2) is 33.6 Å². The first-order valence-electron chi connectivity index (χ1n) is 10.4. The molecule has 1 N–H and O–H groups in total. The van der Waals surface area contributed by atoms with Crippen LogP contribution in [0.25, 0.3) is 11.5 Å². The molecule has 0 aliphatic carbocycles. The maximum Gasteiger partial charge on any atom is 0.308 e. The summed E-state index contributed by atoms with van der Waals surface area (Å²) in [7, 11) is -3.47. The number of carbonyl (C=O) groups excluding carboxylic acids is 1. The smallest absolute Gasteiger partial charge is 0.308 e. The molecule has 0 radical (unpaired) electrons. The Hall–Kier alpha value is -2.30. The number of hydrogen-bond donors (Lipinski definition) is 1. The van der Waals surface area contributed by atoms with Gasteiger partial charge in [-0.25, -0.2) is 8.42 Å². The molecule has 0 unspecified atom stereocenters. The molecule has 1 saturated heterocycles. The normalized spacial score (nSPS) is 15.0. The van der Waals surface area contributed by atoms with Crippen molar-refractivity contribution in [1.82, 2.24) is 24.7 Å². The number of hydrogen-bond acceptors (Lipinski definition) is 7. The summed E-state index contributed by atoms with van der Waals surface area (Å²) >= 11 is 0. The van der Waals surface area contributed by atoms with Gasteiger partial charge in [0.1, 0.15) is 0 Å². The van der Waals surface area contributed by atoms with Crippen LogP contribution >= 0.6 is 0 Å². The predicted octanol–water partition coefficient (Wildman–Crippen LogP) is 1.98. The number of rotatable bonds is 10. The van der Waals surface area contributed by atoms with E-state index in [1.165, 1.54) is 16.4 Å². The highest BCUT2D eigenvalue weighted by atomic mass is 32.2. The van der Waals surface area contributed by atoms with Crippen LogP contribution in [0, 0.1) is 0 Å². The van der Waals surface area contributed by atoms with Gasteiger partial charge in [-0.1, -0.05) is 13.8 Å². The van der Waals surface area contributed by atoms with E-state index in [0.717, 1.165) is 38.9 Å². The molecular weight excluding hydrogens is 406 g/mol. The highest BCUT2D eigenvalue weighted by Crippen LogP contribution is 2.24. The minimum atomic E-state index is -3.47. The molecule has 2 aromatic rings. The van der Waals surface area contributed by atoms with Gasteiger partial charge in [-0.05, 0) is 63.2 Å². The number of benzene rings is 1. The molecular formula is C20H29N5O4S. The van der Waals surface area contributed by atoms with Crippen molar-refractivity contribution in [3.63, 3.8) is 0 Å². The van der Waals surface area contributed by atoms with Crippen LogP contribution < -0.4 is 5.32 Å². The maximum absolute atomic E-state index is 12.6. The van der Waals surface area contributed by atoms with Gasteiger partial charge in [0.2, 0.25) is 15.9 Å². The lowest BCUT2D eigenvalue weighted by Gasteiger charge is -2.17. The summed E-state index contributed by atoms with van der Waals surface area (Å²) in [6.45, 7) is 8.73. The average molecular weight is 436 g/mol. The molecule has 2 heterocycles. The molecule has 1 aromatic heterocycles. The Kier molecular flexibility index (Phi) is 7.57. The number of nitrogens with zero attached hydrogens (tertiary/aromatic N) is 4. The van der Waals surface area contributed by atoms with Gasteiger partial charge in [0.15, 0.2) is 0 Å². The van der Waals surface area contributed by atoms with Gasteiger partial charge in [-0.3, -0.25) is 4.79 Å². The third kappa shape index (κ3) is 5.24. The van der Waals surface area contributed by atoms with Crippen LogP contribution in [0.1, 0.15) is 43.8 Å². The van der Waals surface area contributed by atoms with Crippen LogP contribution in [0.2, 0.25) is 0 Å². The van der Waals surface area contributed by atoms with Crippen LogP contribution in [-0.4, -0.2) is 73.0 Å². The third-order valence-electron chi connectivity index (χ3n) is 5.25. The van der Waals surface area contributed by atoms with E-state index in [0.29, 0.717) is 25.2 Å². The van der Waals surface area contributed by atoms with E-state index in [-0.39, 0.29) is 16.7 Å². The second-order valence-electron chi connectivity index (χ2n) is 7.18. The van der Waals surface area contributed by atoms with E-state index in [1.807, 2.05) is 0 Å². The molecule has 1 amide bonds. The van der Waals surface area contributed by atoms with Gasteiger partial charge in [0, 0.05) is 25.2 Å². The first kappa shape index (κ1) is 22.4. The highest BCUT2D eigenvalue weighted by Gasteiger charge is 2.27. The van der Waals surface area contributed by atoms with Crippen LogP contribution in [-0.2, 0) is 10.0 Å². The summed E-state index contributed by atoms with van der Waals surface area (Å²) in [5, 5.41) is 10.5. The summed E-state index contributed by atoms with van der Waals surface area (Å²) in [5.41, 5.74) is 0.559. The molecule has 0 saturated carbocycles. The molecule has 9 nitrogen and oxygen atoms in total. The van der Waals surface area contributed by atoms with Gasteiger partial charge < -0.3 is 14.6 Å². The van der Waals surface area contributed by atoms with Crippen molar-refractivity contribution >= 4 is 15.9 Å². The number of nitrogens with one attached hydrogen (secondary N) is 1. The van der Waals surface area contributed by atoms with E-state index in [1.54, 1.807) is 12.1 Å². The summed E-state index contributed by atoms with van der Waals surface area (Å²) < 4.78 is 32.2. The first-order chi connectivity index (χ1) is 14.5. The SMILES string of the molecule is CCN(CC)CCCNC(=O)c1nnc(-c2ccc(S(=O)(=O)N3CCCC3)cc2)o1. The zero-order valence-electron chi connectivity index (χ0n) is 17.5. The van der Waals surface area contributed by atoms with Crippen LogP contribution in [0.4, 0.5) is 0 Å². The molecule has 1 aromatic carbocycles. The monoisotopic (exact) mass is 435 g/mol. The fourth-order valence-corrected chi connectivity index (χ4v) is 4.92. The van der Waals surface area contributed by atoms with Gasteiger partial charge in [-0.2, -0.15) is 4.31 Å². The van der Waals surface area contributed by atoms with Gasteiger partial charge in [0.05, 0.1) is 4.90 Å². The van der Waals surface area contributed by atoms with Crippen molar-refractivity contribution < 1.29 is 17.6 Å². The average Bonchev–Trinajstić information content (AvgIpc) is 3.46. The largest absolute Gasteiger partial charge is 0.412 e. The Morgan fingerprint density at radius 1 is 1.13 bits per heavy atom. The fraction of sp³-hybridized carbons (Fsp3) is 0.550. The van der Waals surface area contributed by atoms with Crippen molar-refractivity contribution in [1.29, 1.82) is 0 Å². The molecule has 1 fully saturated rings. The van der Waals surface area contributed by atoms with E-state index < -0.39 is 15.9 Å². The fourth-order valence-electron chi connectivity index (χ4n) is 3.40. The van der Waals surface area contributed by atoms with Gasteiger partial charge in [-0.15, -0.1) is 10.2 Å². The predicted molar refractivity (Wildman–Crippen MR) is 112 cm³/mol. The minimum Gasteiger partial charge on any atom is -0.412 e. The minimum absolute atomic E-state index is 0.110. The molecule has 30 heavy (non-hydrogen) atoms. The molecule has 0 atom stereocenters. The zero-order chi connectivity index (χ0) is 21.6. The van der Waals surface area contributed by atoms with Crippen molar-refractivity contribution in [2.75, 3.05) is 39.3 Å². The second kappa shape index (κ2) is 10.1. The maximum atomic E-state index is 12.6. The van der Waals surface area contributed by atoms with Crippen LogP contribution in [0.5, 0.6) is 0 Å². The van der Waals surface area contributed by atoms with Crippen molar-refractivity contribution in [3.8, 4) is 11.5 Å². The van der Waals surface area contributed by atoms with Crippen molar-refractivity contribution in [2.24, 2.45) is 0 Å². The summed E-state index contributed by atoms with van der Waals surface area (Å²) in [5.74, 6) is -0.350. The van der Waals surface area contributed by atoms with E-state index >= 15 is 0 Å².